The monoisotopic (exact) mass is 258 g/mol. The molecule has 1 N–H and O–H groups in total. The largest absolute Gasteiger partial charge is 0.361 e. The Hall–Kier alpha value is -2.10. The Morgan fingerprint density at radius 1 is 1.37 bits per heavy atom. The van der Waals surface area contributed by atoms with Crippen molar-refractivity contribution in [2.75, 3.05) is 6.54 Å². The van der Waals surface area contributed by atoms with Gasteiger partial charge in [-0.3, -0.25) is 4.79 Å². The molecule has 1 heterocycles. The van der Waals surface area contributed by atoms with Gasteiger partial charge < -0.3 is 14.7 Å². The van der Waals surface area contributed by atoms with Gasteiger partial charge in [0, 0.05) is 29.6 Å². The number of nitrogens with one attached hydrogen (secondary N) is 1. The number of H-pyrrole nitrogens is 1. The lowest BCUT2D eigenvalue weighted by Crippen LogP contribution is -2.35. The van der Waals surface area contributed by atoms with Crippen molar-refractivity contribution in [2.24, 2.45) is 5.92 Å². The molecular formula is C15H18N2O2. The van der Waals surface area contributed by atoms with Crippen LogP contribution in [-0.2, 0) is 16.1 Å². The Kier molecular flexibility index (Phi) is 4.00. The topological polar surface area (TPSA) is 53.2 Å². The van der Waals surface area contributed by atoms with Crippen LogP contribution in [0.2, 0.25) is 0 Å². The zero-order valence-corrected chi connectivity index (χ0v) is 11.2. The van der Waals surface area contributed by atoms with Crippen LogP contribution in [0, 0.1) is 5.92 Å². The van der Waals surface area contributed by atoms with E-state index in [1.807, 2.05) is 44.3 Å². The lowest BCUT2D eigenvalue weighted by atomic mass is 10.1. The molecule has 2 aromatic rings. The molecule has 0 fully saturated rings. The van der Waals surface area contributed by atoms with Crippen molar-refractivity contribution in [3.05, 3.63) is 36.0 Å². The van der Waals surface area contributed by atoms with Crippen molar-refractivity contribution in [1.29, 1.82) is 0 Å². The number of carbonyl (C=O) groups excluding carboxylic acids is 2. The third-order valence-electron chi connectivity index (χ3n) is 3.14. The molecule has 0 aliphatic carbocycles. The average molecular weight is 258 g/mol. The van der Waals surface area contributed by atoms with Crippen LogP contribution in [0.15, 0.2) is 30.5 Å². The zero-order valence-electron chi connectivity index (χ0n) is 11.2. The Balaban J connectivity index is 2.26. The van der Waals surface area contributed by atoms with Crippen LogP contribution in [0.25, 0.3) is 10.9 Å². The Morgan fingerprint density at radius 2 is 2.11 bits per heavy atom. The second kappa shape index (κ2) is 5.69. The van der Waals surface area contributed by atoms with E-state index in [1.165, 1.54) is 0 Å². The second-order valence-corrected chi connectivity index (χ2v) is 4.90. The third kappa shape index (κ3) is 2.84. The number of fused-ring (bicyclic) bond motifs is 1. The quantitative estimate of drug-likeness (QED) is 0.837. The highest BCUT2D eigenvalue weighted by Gasteiger charge is 2.18. The molecule has 0 bridgehead atoms. The summed E-state index contributed by atoms with van der Waals surface area (Å²) < 4.78 is 0. The number of aldehydes is 1. The number of carbonyl (C=O) groups is 2. The fourth-order valence-electron chi connectivity index (χ4n) is 2.16. The van der Waals surface area contributed by atoms with Gasteiger partial charge in [-0.1, -0.05) is 32.0 Å². The summed E-state index contributed by atoms with van der Waals surface area (Å²) in [4.78, 5) is 27.6. The number of aromatic nitrogens is 1. The molecular weight excluding hydrogens is 240 g/mol. The van der Waals surface area contributed by atoms with Gasteiger partial charge in [0.2, 0.25) is 5.91 Å². The Bertz CT molecular complexity index is 587. The predicted molar refractivity (Wildman–Crippen MR) is 74.6 cm³/mol. The maximum absolute atomic E-state index is 12.1. The van der Waals surface area contributed by atoms with E-state index in [-0.39, 0.29) is 18.4 Å². The van der Waals surface area contributed by atoms with Crippen LogP contribution in [0.4, 0.5) is 0 Å². The van der Waals surface area contributed by atoms with Crippen molar-refractivity contribution in [3.8, 4) is 0 Å². The van der Waals surface area contributed by atoms with Crippen LogP contribution in [0.5, 0.6) is 0 Å². The van der Waals surface area contributed by atoms with E-state index in [9.17, 15) is 9.59 Å². The zero-order chi connectivity index (χ0) is 13.8. The maximum atomic E-state index is 12.1. The molecule has 4 nitrogen and oxygen atoms in total. The van der Waals surface area contributed by atoms with Crippen molar-refractivity contribution >= 4 is 23.1 Å². The maximum Gasteiger partial charge on any atom is 0.225 e. The van der Waals surface area contributed by atoms with E-state index >= 15 is 0 Å². The number of hydrogen-bond acceptors (Lipinski definition) is 2. The first-order valence-corrected chi connectivity index (χ1v) is 6.41. The lowest BCUT2D eigenvalue weighted by Gasteiger charge is -2.22. The summed E-state index contributed by atoms with van der Waals surface area (Å²) in [6.07, 6.45) is 2.67. The number of para-hydroxylation sites is 1. The van der Waals surface area contributed by atoms with Gasteiger partial charge >= 0.3 is 0 Å². The molecule has 0 aliphatic heterocycles. The van der Waals surface area contributed by atoms with Crippen LogP contribution in [0.3, 0.4) is 0 Å². The van der Waals surface area contributed by atoms with Gasteiger partial charge in [-0.05, 0) is 11.6 Å². The first-order valence-electron chi connectivity index (χ1n) is 6.41. The lowest BCUT2D eigenvalue weighted by molar-refractivity contribution is -0.136. The van der Waals surface area contributed by atoms with Crippen LogP contribution in [-0.4, -0.2) is 28.6 Å². The van der Waals surface area contributed by atoms with Crippen molar-refractivity contribution in [1.82, 2.24) is 9.88 Å². The van der Waals surface area contributed by atoms with Gasteiger partial charge in [-0.15, -0.1) is 0 Å². The molecule has 0 aliphatic rings. The van der Waals surface area contributed by atoms with Crippen LogP contribution >= 0.6 is 0 Å². The highest BCUT2D eigenvalue weighted by atomic mass is 16.2. The normalized spacial score (nSPS) is 10.9. The number of amides is 1. The minimum absolute atomic E-state index is 0.00242. The van der Waals surface area contributed by atoms with Gasteiger partial charge in [0.25, 0.3) is 0 Å². The number of hydrogen-bond donors (Lipinski definition) is 1. The molecule has 0 saturated carbocycles. The standard InChI is InChI=1S/C15H18N2O2/c1-11(2)15(19)17(7-8-18)10-12-9-16-14-6-4-3-5-13(12)14/h3-6,8-9,11,16H,7,10H2,1-2H3. The predicted octanol–water partition coefficient (Wildman–Crippen LogP) is 2.35. The molecule has 4 heteroatoms. The number of rotatable bonds is 5. The molecule has 0 spiro atoms. The van der Waals surface area contributed by atoms with E-state index in [0.717, 1.165) is 22.8 Å². The van der Waals surface area contributed by atoms with Crippen molar-refractivity contribution in [2.45, 2.75) is 20.4 Å². The van der Waals surface area contributed by atoms with Crippen LogP contribution in [0.1, 0.15) is 19.4 Å². The summed E-state index contributed by atoms with van der Waals surface area (Å²) in [6.45, 7) is 4.28. The number of benzene rings is 1. The summed E-state index contributed by atoms with van der Waals surface area (Å²) in [6, 6.07) is 7.94. The summed E-state index contributed by atoms with van der Waals surface area (Å²) in [7, 11) is 0. The van der Waals surface area contributed by atoms with Crippen molar-refractivity contribution in [3.63, 3.8) is 0 Å². The summed E-state index contributed by atoms with van der Waals surface area (Å²) in [5.41, 5.74) is 2.08. The molecule has 100 valence electrons. The van der Waals surface area contributed by atoms with Gasteiger partial charge in [-0.25, -0.2) is 0 Å². The van der Waals surface area contributed by atoms with Gasteiger partial charge in [0.15, 0.2) is 0 Å². The van der Waals surface area contributed by atoms with E-state index in [0.29, 0.717) is 6.54 Å². The van der Waals surface area contributed by atoms with Gasteiger partial charge in [0.1, 0.15) is 6.29 Å². The fourth-order valence-corrected chi connectivity index (χ4v) is 2.16. The summed E-state index contributed by atoms with van der Waals surface area (Å²) >= 11 is 0. The van der Waals surface area contributed by atoms with E-state index < -0.39 is 0 Å². The van der Waals surface area contributed by atoms with Gasteiger partial charge in [-0.2, -0.15) is 0 Å². The van der Waals surface area contributed by atoms with Gasteiger partial charge in [0.05, 0.1) is 6.54 Å². The van der Waals surface area contributed by atoms with Crippen molar-refractivity contribution < 1.29 is 9.59 Å². The molecule has 1 aromatic heterocycles. The van der Waals surface area contributed by atoms with E-state index in [2.05, 4.69) is 4.98 Å². The molecule has 0 unspecified atom stereocenters. The van der Waals surface area contributed by atoms with E-state index in [4.69, 9.17) is 0 Å². The molecule has 19 heavy (non-hydrogen) atoms. The molecule has 0 atom stereocenters. The SMILES string of the molecule is CC(C)C(=O)N(CC=O)Cc1c[nH]c2ccccc12. The third-order valence-corrected chi connectivity index (χ3v) is 3.14. The smallest absolute Gasteiger partial charge is 0.225 e. The molecule has 1 amide bonds. The van der Waals surface area contributed by atoms with E-state index in [1.54, 1.807) is 4.90 Å². The number of aromatic amines is 1. The minimum Gasteiger partial charge on any atom is -0.361 e. The first kappa shape index (κ1) is 13.3. The molecule has 1 aromatic carbocycles. The van der Waals surface area contributed by atoms with Crippen LogP contribution < -0.4 is 0 Å². The fraction of sp³-hybridized carbons (Fsp3) is 0.333. The number of nitrogens with zero attached hydrogens (tertiary/aromatic N) is 1. The average Bonchev–Trinajstić information content (AvgIpc) is 2.81. The minimum atomic E-state index is -0.106. The Morgan fingerprint density at radius 3 is 2.79 bits per heavy atom. The first-order chi connectivity index (χ1) is 9.13. The summed E-state index contributed by atoms with van der Waals surface area (Å²) in [5, 5.41) is 1.09. The highest BCUT2D eigenvalue weighted by molar-refractivity contribution is 5.84. The second-order valence-electron chi connectivity index (χ2n) is 4.90. The highest BCUT2D eigenvalue weighted by Crippen LogP contribution is 2.19. The molecule has 0 saturated heterocycles. The summed E-state index contributed by atoms with van der Waals surface area (Å²) in [5.74, 6) is -0.109. The molecule has 0 radical (unpaired) electrons. The molecule has 2 rings (SSSR count). The Labute approximate surface area is 112 Å².